The summed E-state index contributed by atoms with van der Waals surface area (Å²) >= 11 is 1.29. The van der Waals surface area contributed by atoms with Gasteiger partial charge in [-0.15, -0.1) is 5.10 Å². The zero-order valence-corrected chi connectivity index (χ0v) is 17.2. The van der Waals surface area contributed by atoms with Crippen LogP contribution in [-0.2, 0) is 4.79 Å². The van der Waals surface area contributed by atoms with Gasteiger partial charge in [-0.1, -0.05) is 36.0 Å². The van der Waals surface area contributed by atoms with Crippen molar-refractivity contribution in [3.8, 4) is 5.69 Å². The van der Waals surface area contributed by atoms with Crippen molar-refractivity contribution in [3.05, 3.63) is 65.4 Å². The predicted molar refractivity (Wildman–Crippen MR) is 112 cm³/mol. The number of para-hydroxylation sites is 1. The second kappa shape index (κ2) is 8.08. The summed E-state index contributed by atoms with van der Waals surface area (Å²) in [6.45, 7) is 6.00. The van der Waals surface area contributed by atoms with Gasteiger partial charge in [0.25, 0.3) is 0 Å². The molecule has 4 aromatic rings. The average molecular weight is 407 g/mol. The Bertz CT molecular complexity index is 1130. The number of thioether (sulfide) groups is 1. The molecule has 8 heteroatoms. The van der Waals surface area contributed by atoms with E-state index in [9.17, 15) is 4.79 Å². The number of hydrogen-bond donors (Lipinski definition) is 1. The maximum atomic E-state index is 12.4. The molecule has 0 aliphatic heterocycles. The topological polar surface area (TPSA) is 85.8 Å². The highest BCUT2D eigenvalue weighted by Crippen LogP contribution is 2.24. The van der Waals surface area contributed by atoms with Gasteiger partial charge in [-0.3, -0.25) is 4.79 Å². The molecule has 2 aromatic heterocycles. The summed E-state index contributed by atoms with van der Waals surface area (Å²) in [5.41, 5.74) is 4.04. The molecule has 0 aliphatic carbocycles. The first-order valence-electron chi connectivity index (χ1n) is 9.28. The van der Waals surface area contributed by atoms with Gasteiger partial charge in [0.2, 0.25) is 11.1 Å². The number of tetrazole rings is 1. The Morgan fingerprint density at radius 1 is 1.17 bits per heavy atom. The van der Waals surface area contributed by atoms with E-state index in [1.54, 1.807) is 4.68 Å². The van der Waals surface area contributed by atoms with Crippen molar-refractivity contribution >= 4 is 28.6 Å². The van der Waals surface area contributed by atoms with Crippen LogP contribution in [0, 0.1) is 13.8 Å². The summed E-state index contributed by atoms with van der Waals surface area (Å²) in [5, 5.41) is 16.4. The second-order valence-corrected chi connectivity index (χ2v) is 7.85. The Labute approximate surface area is 172 Å². The molecular formula is C21H21N5O2S. The highest BCUT2D eigenvalue weighted by atomic mass is 32.2. The number of rotatable bonds is 6. The van der Waals surface area contributed by atoms with Gasteiger partial charge in [0.1, 0.15) is 11.3 Å². The van der Waals surface area contributed by atoms with Crippen molar-refractivity contribution in [2.75, 3.05) is 5.75 Å². The number of nitrogens with one attached hydrogen (secondary N) is 1. The minimum absolute atomic E-state index is 0.113. The van der Waals surface area contributed by atoms with Crippen molar-refractivity contribution in [1.82, 2.24) is 25.5 Å². The summed E-state index contributed by atoms with van der Waals surface area (Å²) < 4.78 is 7.47. The molecule has 29 heavy (non-hydrogen) atoms. The number of hydrogen-bond acceptors (Lipinski definition) is 6. The molecule has 0 saturated carbocycles. The highest BCUT2D eigenvalue weighted by Gasteiger charge is 2.16. The van der Waals surface area contributed by atoms with Crippen LogP contribution >= 0.6 is 11.8 Å². The molecule has 148 valence electrons. The Morgan fingerprint density at radius 2 is 2.00 bits per heavy atom. The number of amides is 1. The van der Waals surface area contributed by atoms with Gasteiger partial charge in [0.15, 0.2) is 0 Å². The van der Waals surface area contributed by atoms with Gasteiger partial charge in [-0.2, -0.15) is 4.68 Å². The molecule has 0 unspecified atom stereocenters. The van der Waals surface area contributed by atoms with Gasteiger partial charge in [0, 0.05) is 5.39 Å². The molecule has 2 heterocycles. The average Bonchev–Trinajstić information content (AvgIpc) is 3.35. The van der Waals surface area contributed by atoms with Crippen LogP contribution in [0.1, 0.15) is 29.9 Å². The van der Waals surface area contributed by atoms with Gasteiger partial charge < -0.3 is 9.73 Å². The van der Waals surface area contributed by atoms with Crippen LogP contribution in [0.3, 0.4) is 0 Å². The number of carbonyl (C=O) groups excluding carboxylic acids is 1. The van der Waals surface area contributed by atoms with E-state index >= 15 is 0 Å². The summed E-state index contributed by atoms with van der Waals surface area (Å²) in [4.78, 5) is 12.4. The van der Waals surface area contributed by atoms with E-state index in [1.165, 1.54) is 17.3 Å². The van der Waals surface area contributed by atoms with Crippen LogP contribution in [0.15, 0.2) is 58.1 Å². The maximum absolute atomic E-state index is 12.4. The van der Waals surface area contributed by atoms with Gasteiger partial charge in [0.05, 0.1) is 17.5 Å². The molecule has 0 fully saturated rings. The Morgan fingerprint density at radius 3 is 2.79 bits per heavy atom. The molecule has 0 spiro atoms. The lowest BCUT2D eigenvalue weighted by Gasteiger charge is -2.11. The number of aryl methyl sites for hydroxylation is 2. The smallest absolute Gasteiger partial charge is 0.231 e. The summed E-state index contributed by atoms with van der Waals surface area (Å²) in [5.74, 6) is 0.817. The van der Waals surface area contributed by atoms with Crippen LogP contribution in [0.2, 0.25) is 0 Å². The molecule has 1 N–H and O–H groups in total. The first kappa shape index (κ1) is 19.2. The summed E-state index contributed by atoms with van der Waals surface area (Å²) in [6, 6.07) is 15.5. The van der Waals surface area contributed by atoms with Crippen LogP contribution < -0.4 is 5.32 Å². The number of carbonyl (C=O) groups is 1. The molecule has 0 saturated heterocycles. The predicted octanol–water partition coefficient (Wildman–Crippen LogP) is 3.99. The summed E-state index contributed by atoms with van der Waals surface area (Å²) in [6.07, 6.45) is 0. The standard InChI is InChI=1S/C21H21N5O2S/c1-13-8-9-17(10-14(13)2)26-21(23-24-25-26)29-12-20(27)22-15(3)19-11-16-6-4-5-7-18(16)28-19/h4-11,15H,12H2,1-3H3,(H,22,27)/t15-/m1/s1. The fraction of sp³-hybridized carbons (Fsp3) is 0.238. The van der Waals surface area contributed by atoms with E-state index in [0.29, 0.717) is 5.16 Å². The maximum Gasteiger partial charge on any atom is 0.231 e. The third-order valence-electron chi connectivity index (χ3n) is 4.76. The van der Waals surface area contributed by atoms with Gasteiger partial charge in [-0.25, -0.2) is 0 Å². The van der Waals surface area contributed by atoms with E-state index in [4.69, 9.17) is 4.42 Å². The van der Waals surface area contributed by atoms with Gasteiger partial charge in [-0.05, 0) is 66.6 Å². The third kappa shape index (κ3) is 4.17. The fourth-order valence-corrected chi connectivity index (χ4v) is 3.69. The SMILES string of the molecule is Cc1ccc(-n2nnnc2SCC(=O)N[C@H](C)c2cc3ccccc3o2)cc1C. The lowest BCUT2D eigenvalue weighted by molar-refractivity contribution is -0.119. The van der Waals surface area contributed by atoms with Gasteiger partial charge >= 0.3 is 0 Å². The normalized spacial score (nSPS) is 12.2. The Balaban J connectivity index is 1.40. The second-order valence-electron chi connectivity index (χ2n) is 6.91. The van der Waals surface area contributed by atoms with Crippen LogP contribution in [0.4, 0.5) is 0 Å². The number of furan rings is 1. The van der Waals surface area contributed by atoms with Crippen molar-refractivity contribution in [2.45, 2.75) is 32.0 Å². The molecular weight excluding hydrogens is 386 g/mol. The molecule has 4 rings (SSSR count). The minimum Gasteiger partial charge on any atom is -0.459 e. The molecule has 0 aliphatic rings. The largest absolute Gasteiger partial charge is 0.459 e. The minimum atomic E-state index is -0.230. The molecule has 0 bridgehead atoms. The van der Waals surface area contributed by atoms with Crippen LogP contribution in [0.25, 0.3) is 16.7 Å². The molecule has 1 atom stereocenters. The Kier molecular flexibility index (Phi) is 5.35. The lowest BCUT2D eigenvalue weighted by Crippen LogP contribution is -2.28. The number of fused-ring (bicyclic) bond motifs is 1. The zero-order chi connectivity index (χ0) is 20.4. The first-order chi connectivity index (χ1) is 14.0. The zero-order valence-electron chi connectivity index (χ0n) is 16.4. The van der Waals surface area contributed by atoms with Crippen molar-refractivity contribution in [3.63, 3.8) is 0 Å². The van der Waals surface area contributed by atoms with Crippen molar-refractivity contribution in [1.29, 1.82) is 0 Å². The van der Waals surface area contributed by atoms with E-state index in [1.807, 2.05) is 62.4 Å². The Hall–Kier alpha value is -3.13. The van der Waals surface area contributed by atoms with E-state index in [0.717, 1.165) is 28.0 Å². The monoisotopic (exact) mass is 407 g/mol. The third-order valence-corrected chi connectivity index (χ3v) is 5.68. The van der Waals surface area contributed by atoms with E-state index in [2.05, 4.69) is 27.8 Å². The number of nitrogens with zero attached hydrogens (tertiary/aromatic N) is 4. The number of benzene rings is 2. The lowest BCUT2D eigenvalue weighted by atomic mass is 10.1. The molecule has 2 aromatic carbocycles. The molecule has 1 amide bonds. The van der Waals surface area contributed by atoms with Crippen molar-refractivity contribution < 1.29 is 9.21 Å². The molecule has 0 radical (unpaired) electrons. The first-order valence-corrected chi connectivity index (χ1v) is 10.3. The quantitative estimate of drug-likeness (QED) is 0.486. The fourth-order valence-electron chi connectivity index (χ4n) is 2.99. The number of aromatic nitrogens is 4. The summed E-state index contributed by atoms with van der Waals surface area (Å²) in [7, 11) is 0. The highest BCUT2D eigenvalue weighted by molar-refractivity contribution is 7.99. The van der Waals surface area contributed by atoms with E-state index in [-0.39, 0.29) is 17.7 Å². The van der Waals surface area contributed by atoms with Crippen molar-refractivity contribution in [2.24, 2.45) is 0 Å². The van der Waals surface area contributed by atoms with Crippen LogP contribution in [0.5, 0.6) is 0 Å². The van der Waals surface area contributed by atoms with E-state index < -0.39 is 0 Å². The van der Waals surface area contributed by atoms with Crippen LogP contribution in [-0.4, -0.2) is 31.9 Å². The molecule has 7 nitrogen and oxygen atoms in total.